The Kier molecular flexibility index (Phi) is 10.0. The van der Waals surface area contributed by atoms with Crippen molar-refractivity contribution in [3.63, 3.8) is 0 Å². The molecule has 3 aromatic carbocycles. The third-order valence-corrected chi connectivity index (χ3v) is 13.1. The van der Waals surface area contributed by atoms with E-state index in [2.05, 4.69) is 26.8 Å². The number of hydrogen-bond donors (Lipinski definition) is 0. The number of allylic oxidation sites excluding steroid dienone is 1. The van der Waals surface area contributed by atoms with Gasteiger partial charge >= 0.3 is 5.97 Å². The lowest BCUT2D eigenvalue weighted by atomic mass is 9.43. The van der Waals surface area contributed by atoms with E-state index in [1.54, 1.807) is 21.3 Å². The first-order chi connectivity index (χ1) is 25.2. The maximum absolute atomic E-state index is 15.3. The lowest BCUT2D eigenvalue weighted by Gasteiger charge is -2.58. The normalized spacial score (nSPS) is 31.2. The van der Waals surface area contributed by atoms with Crippen LogP contribution in [0.1, 0.15) is 56.7 Å². The highest BCUT2D eigenvalue weighted by molar-refractivity contribution is 5.91. The topological polar surface area (TPSA) is 89.5 Å². The van der Waals surface area contributed by atoms with Crippen molar-refractivity contribution in [2.75, 3.05) is 27.9 Å². The second kappa shape index (κ2) is 14.4. The predicted molar refractivity (Wildman–Crippen MR) is 197 cm³/mol. The van der Waals surface area contributed by atoms with Crippen LogP contribution in [0.5, 0.6) is 17.2 Å². The Morgan fingerprint density at radius 1 is 0.788 bits per heavy atom. The highest BCUT2D eigenvalue weighted by atomic mass is 16.5. The maximum atomic E-state index is 15.3. The van der Waals surface area contributed by atoms with Crippen LogP contribution < -0.4 is 14.2 Å². The van der Waals surface area contributed by atoms with Gasteiger partial charge in [-0.25, -0.2) is 0 Å². The number of carbonyl (C=O) groups excluding carboxylic acids is 2. The molecule has 3 fully saturated rings. The minimum Gasteiger partial charge on any atom is -0.497 e. The third-order valence-electron chi connectivity index (χ3n) is 13.1. The Bertz CT molecular complexity index is 1770. The Labute approximate surface area is 307 Å². The molecular formula is C44H52O8. The number of fused-ring (bicyclic) bond motifs is 2. The second-order valence-electron chi connectivity index (χ2n) is 15.7. The van der Waals surface area contributed by atoms with Gasteiger partial charge in [0.15, 0.2) is 0 Å². The Morgan fingerprint density at radius 2 is 1.33 bits per heavy atom. The van der Waals surface area contributed by atoms with E-state index < -0.39 is 16.2 Å². The molecule has 8 nitrogen and oxygen atoms in total. The summed E-state index contributed by atoms with van der Waals surface area (Å²) in [6.45, 7) is 7.86. The van der Waals surface area contributed by atoms with Gasteiger partial charge in [-0.3, -0.25) is 4.79 Å². The Balaban J connectivity index is 1.24. The van der Waals surface area contributed by atoms with E-state index >= 15 is 4.79 Å². The van der Waals surface area contributed by atoms with Crippen LogP contribution in [-0.4, -0.2) is 46.3 Å². The van der Waals surface area contributed by atoms with Crippen LogP contribution in [0.25, 0.3) is 0 Å². The lowest BCUT2D eigenvalue weighted by Crippen LogP contribution is -2.64. The molecule has 4 bridgehead atoms. The number of ether oxygens (including phenoxy) is 6. The molecule has 276 valence electrons. The van der Waals surface area contributed by atoms with E-state index in [1.807, 2.05) is 72.8 Å². The average molecular weight is 709 g/mol. The van der Waals surface area contributed by atoms with Gasteiger partial charge in [-0.15, -0.1) is 0 Å². The van der Waals surface area contributed by atoms with Gasteiger partial charge in [-0.2, -0.15) is 0 Å². The van der Waals surface area contributed by atoms with Gasteiger partial charge in [0, 0.05) is 5.41 Å². The summed E-state index contributed by atoms with van der Waals surface area (Å²) >= 11 is 0. The standard InChI is InChI=1S/C44H52O8/c1-28(2)38-19-33-21-42(26-45)39-20-40(51-24-31-9-15-35(48-5)16-10-31)29(3)37(39)22-43(33,27-50-23-30-7-13-34(47-4)14-8-30)44(38,42)41(46)52-25-32-11-17-36(49-6)18-12-32/h7-19,26,28-29,33,37,39-40H,20-25,27H2,1-6H3/t29?,33-,37?,39?,40?,42-,43-,44-/m0/s1. The van der Waals surface area contributed by atoms with E-state index in [-0.39, 0.29) is 48.3 Å². The fraction of sp³-hybridized carbons (Fsp3) is 0.500. The van der Waals surface area contributed by atoms with Crippen molar-refractivity contribution in [1.82, 2.24) is 0 Å². The van der Waals surface area contributed by atoms with E-state index in [0.29, 0.717) is 26.2 Å². The van der Waals surface area contributed by atoms with Crippen molar-refractivity contribution < 1.29 is 38.0 Å². The van der Waals surface area contributed by atoms with Gasteiger partial charge in [0.25, 0.3) is 0 Å². The predicted octanol–water partition coefficient (Wildman–Crippen LogP) is 8.01. The second-order valence-corrected chi connectivity index (χ2v) is 15.7. The molecule has 4 unspecified atom stereocenters. The fourth-order valence-corrected chi connectivity index (χ4v) is 10.8. The first-order valence-corrected chi connectivity index (χ1v) is 18.6. The molecule has 0 spiro atoms. The third kappa shape index (κ3) is 5.65. The molecule has 0 heterocycles. The molecule has 4 aliphatic carbocycles. The molecule has 3 saturated carbocycles. The molecule has 8 atom stereocenters. The first-order valence-electron chi connectivity index (χ1n) is 18.6. The van der Waals surface area contributed by atoms with Gasteiger partial charge in [0.1, 0.15) is 35.6 Å². The van der Waals surface area contributed by atoms with Crippen molar-refractivity contribution in [1.29, 1.82) is 0 Å². The van der Waals surface area contributed by atoms with Crippen molar-refractivity contribution in [2.24, 2.45) is 45.8 Å². The van der Waals surface area contributed by atoms with Crippen LogP contribution in [0.4, 0.5) is 0 Å². The molecule has 0 saturated heterocycles. The summed E-state index contributed by atoms with van der Waals surface area (Å²) in [5, 5.41) is 0. The van der Waals surface area contributed by atoms with Gasteiger partial charge in [0.05, 0.1) is 52.7 Å². The summed E-state index contributed by atoms with van der Waals surface area (Å²) in [5.74, 6) is 2.41. The largest absolute Gasteiger partial charge is 0.497 e. The van der Waals surface area contributed by atoms with Crippen LogP contribution in [0.2, 0.25) is 0 Å². The number of aldehydes is 1. The molecule has 52 heavy (non-hydrogen) atoms. The SMILES string of the molecule is COc1ccc(COC[C@@]23CC4C(C)C(OCc5ccc(OC)cc5)CC4[C@@]4(C=O)C[C@@H]2C=C(C(C)C)[C@@]34C(=O)OCc2ccc(OC)cc2)cc1. The zero-order chi connectivity index (χ0) is 36.7. The monoisotopic (exact) mass is 708 g/mol. The summed E-state index contributed by atoms with van der Waals surface area (Å²) in [5.41, 5.74) is 1.24. The smallest absolute Gasteiger partial charge is 0.318 e. The van der Waals surface area contributed by atoms with E-state index in [4.69, 9.17) is 28.4 Å². The number of carbonyl (C=O) groups is 2. The lowest BCUT2D eigenvalue weighted by molar-refractivity contribution is -0.193. The number of hydrogen-bond acceptors (Lipinski definition) is 8. The molecule has 0 aliphatic heterocycles. The molecule has 4 aliphatic rings. The molecule has 0 aromatic heterocycles. The molecule has 7 rings (SSSR count). The Hall–Kier alpha value is -4.14. The molecular weight excluding hydrogens is 656 g/mol. The fourth-order valence-electron chi connectivity index (χ4n) is 10.8. The Morgan fingerprint density at radius 3 is 1.85 bits per heavy atom. The van der Waals surface area contributed by atoms with Gasteiger partial charge in [-0.05, 0) is 102 Å². The van der Waals surface area contributed by atoms with Crippen LogP contribution >= 0.6 is 0 Å². The van der Waals surface area contributed by atoms with Crippen LogP contribution in [0.15, 0.2) is 84.4 Å². The van der Waals surface area contributed by atoms with E-state index in [0.717, 1.165) is 58.6 Å². The van der Waals surface area contributed by atoms with E-state index in [1.165, 1.54) is 0 Å². The van der Waals surface area contributed by atoms with Crippen molar-refractivity contribution in [2.45, 2.75) is 66.0 Å². The highest BCUT2D eigenvalue weighted by Crippen LogP contribution is 2.83. The van der Waals surface area contributed by atoms with Gasteiger partial charge in [-0.1, -0.05) is 68.8 Å². The number of rotatable bonds is 15. The van der Waals surface area contributed by atoms with Crippen LogP contribution in [0, 0.1) is 45.8 Å². The zero-order valence-corrected chi connectivity index (χ0v) is 31.3. The summed E-state index contributed by atoms with van der Waals surface area (Å²) < 4.78 is 35.8. The number of methoxy groups -OCH3 is 3. The summed E-state index contributed by atoms with van der Waals surface area (Å²) in [4.78, 5) is 29.4. The van der Waals surface area contributed by atoms with Crippen LogP contribution in [0.3, 0.4) is 0 Å². The van der Waals surface area contributed by atoms with Gasteiger partial charge < -0.3 is 33.2 Å². The average Bonchev–Trinajstić information content (AvgIpc) is 3.71. The first kappa shape index (κ1) is 36.2. The maximum Gasteiger partial charge on any atom is 0.318 e. The molecule has 0 N–H and O–H groups in total. The summed E-state index contributed by atoms with van der Waals surface area (Å²) in [7, 11) is 4.95. The quantitative estimate of drug-likeness (QED) is 0.0892. The van der Waals surface area contributed by atoms with Crippen molar-refractivity contribution >= 4 is 12.3 Å². The summed E-state index contributed by atoms with van der Waals surface area (Å²) in [6.07, 6.45) is 5.51. The molecule has 0 amide bonds. The number of benzene rings is 3. The highest BCUT2D eigenvalue weighted by Gasteiger charge is 2.85. The van der Waals surface area contributed by atoms with Crippen LogP contribution in [-0.2, 0) is 43.6 Å². The molecule has 3 aromatic rings. The van der Waals surface area contributed by atoms with E-state index in [9.17, 15) is 4.79 Å². The number of esters is 1. The minimum atomic E-state index is -1.15. The summed E-state index contributed by atoms with van der Waals surface area (Å²) in [6, 6.07) is 23.4. The zero-order valence-electron chi connectivity index (χ0n) is 31.3. The minimum absolute atomic E-state index is 0.0102. The van der Waals surface area contributed by atoms with Crippen molar-refractivity contribution in [3.8, 4) is 17.2 Å². The molecule has 0 radical (unpaired) electrons. The molecule has 8 heteroatoms. The van der Waals surface area contributed by atoms with Gasteiger partial charge in [0.2, 0.25) is 0 Å². The van der Waals surface area contributed by atoms with Crippen molar-refractivity contribution in [3.05, 3.63) is 101 Å².